The molecule has 3 aromatic rings. The molecule has 0 saturated carbocycles. The lowest BCUT2D eigenvalue weighted by molar-refractivity contribution is -0.139. The van der Waals surface area contributed by atoms with E-state index >= 15 is 0 Å². The summed E-state index contributed by atoms with van der Waals surface area (Å²) in [7, 11) is 0. The second-order valence-corrected chi connectivity index (χ2v) is 7.57. The number of benzene rings is 1. The first-order chi connectivity index (χ1) is 13.0. The molecule has 1 atom stereocenters. The van der Waals surface area contributed by atoms with Gasteiger partial charge in [0.25, 0.3) is 0 Å². The van der Waals surface area contributed by atoms with Crippen molar-refractivity contribution < 1.29 is 19.1 Å². The van der Waals surface area contributed by atoms with E-state index in [1.807, 2.05) is 16.8 Å². The van der Waals surface area contributed by atoms with E-state index in [4.69, 9.17) is 0 Å². The van der Waals surface area contributed by atoms with Crippen molar-refractivity contribution in [2.75, 3.05) is 6.54 Å². The minimum Gasteiger partial charge on any atom is -0.378 e. The van der Waals surface area contributed by atoms with E-state index in [9.17, 15) is 19.1 Å². The standard InChI is InChI=1S/C19H17FN2O3S2/c20-15-5-3-13(4-6-15)10-21-17(23)18(24)22-12-19(25,14-7-9-26-11-14)16-2-1-8-27-16/h1-9,11,25H,10,12H2,(H,21,23)(H,22,24). The summed E-state index contributed by atoms with van der Waals surface area (Å²) in [6.45, 7) is -0.0285. The van der Waals surface area contributed by atoms with Gasteiger partial charge in [-0.05, 0) is 46.0 Å². The number of rotatable bonds is 6. The number of carbonyl (C=O) groups is 2. The fourth-order valence-electron chi connectivity index (χ4n) is 2.50. The highest BCUT2D eigenvalue weighted by Gasteiger charge is 2.34. The molecule has 2 aromatic heterocycles. The van der Waals surface area contributed by atoms with Crippen LogP contribution in [0.25, 0.3) is 0 Å². The molecule has 0 radical (unpaired) electrons. The fourth-order valence-corrected chi connectivity index (χ4v) is 4.07. The number of hydrogen-bond acceptors (Lipinski definition) is 5. The molecule has 1 aromatic carbocycles. The van der Waals surface area contributed by atoms with Crippen LogP contribution in [0.1, 0.15) is 16.0 Å². The molecular weight excluding hydrogens is 387 g/mol. The molecule has 3 N–H and O–H groups in total. The normalized spacial score (nSPS) is 13.0. The predicted molar refractivity (Wildman–Crippen MR) is 103 cm³/mol. The molecule has 140 valence electrons. The highest BCUT2D eigenvalue weighted by molar-refractivity contribution is 7.10. The van der Waals surface area contributed by atoms with E-state index in [2.05, 4.69) is 10.6 Å². The number of hydrogen-bond donors (Lipinski definition) is 3. The van der Waals surface area contributed by atoms with Crippen molar-refractivity contribution in [2.24, 2.45) is 0 Å². The Balaban J connectivity index is 1.61. The molecule has 0 spiro atoms. The average molecular weight is 404 g/mol. The number of thiophene rings is 2. The molecule has 5 nitrogen and oxygen atoms in total. The predicted octanol–water partition coefficient (Wildman–Crippen LogP) is 2.62. The maximum Gasteiger partial charge on any atom is 0.309 e. The van der Waals surface area contributed by atoms with Crippen LogP contribution >= 0.6 is 22.7 Å². The van der Waals surface area contributed by atoms with E-state index in [1.165, 1.54) is 46.9 Å². The fraction of sp³-hybridized carbons (Fsp3) is 0.158. The third-order valence-electron chi connectivity index (χ3n) is 4.00. The summed E-state index contributed by atoms with van der Waals surface area (Å²) in [5.41, 5.74) is -0.0750. The molecule has 0 fully saturated rings. The van der Waals surface area contributed by atoms with Gasteiger partial charge in [-0.1, -0.05) is 18.2 Å². The van der Waals surface area contributed by atoms with Crippen LogP contribution in [-0.2, 0) is 21.7 Å². The van der Waals surface area contributed by atoms with Gasteiger partial charge >= 0.3 is 11.8 Å². The zero-order chi connectivity index (χ0) is 19.3. The van der Waals surface area contributed by atoms with Crippen molar-refractivity contribution in [3.8, 4) is 0 Å². The second kappa shape index (κ2) is 8.43. The summed E-state index contributed by atoms with van der Waals surface area (Å²) in [5.74, 6) is -2.04. The molecule has 8 heteroatoms. The molecule has 2 amide bonds. The monoisotopic (exact) mass is 404 g/mol. The van der Waals surface area contributed by atoms with Gasteiger partial charge in [-0.15, -0.1) is 11.3 Å². The lowest BCUT2D eigenvalue weighted by Gasteiger charge is -2.26. The van der Waals surface area contributed by atoms with Crippen LogP contribution in [0.4, 0.5) is 4.39 Å². The van der Waals surface area contributed by atoms with Crippen molar-refractivity contribution >= 4 is 34.5 Å². The van der Waals surface area contributed by atoms with Crippen molar-refractivity contribution in [1.29, 1.82) is 0 Å². The third kappa shape index (κ3) is 4.60. The summed E-state index contributed by atoms with van der Waals surface area (Å²) >= 11 is 2.81. The number of nitrogens with one attached hydrogen (secondary N) is 2. The molecule has 3 rings (SSSR count). The smallest absolute Gasteiger partial charge is 0.309 e. The Labute approximate surface area is 163 Å². The summed E-state index contributed by atoms with van der Waals surface area (Å²) in [6, 6.07) is 11.0. The summed E-state index contributed by atoms with van der Waals surface area (Å²) in [4.78, 5) is 24.8. The van der Waals surface area contributed by atoms with Gasteiger partial charge in [0, 0.05) is 17.0 Å². The van der Waals surface area contributed by atoms with Crippen LogP contribution in [0.5, 0.6) is 0 Å². The van der Waals surface area contributed by atoms with Gasteiger partial charge in [0.2, 0.25) is 0 Å². The van der Waals surface area contributed by atoms with Crippen molar-refractivity contribution in [1.82, 2.24) is 10.6 Å². The van der Waals surface area contributed by atoms with Gasteiger partial charge < -0.3 is 15.7 Å². The van der Waals surface area contributed by atoms with Crippen LogP contribution < -0.4 is 10.6 Å². The highest BCUT2D eigenvalue weighted by atomic mass is 32.1. The maximum absolute atomic E-state index is 12.9. The summed E-state index contributed by atoms with van der Waals surface area (Å²) in [5, 5.41) is 21.6. The first kappa shape index (κ1) is 19.2. The van der Waals surface area contributed by atoms with Crippen LogP contribution in [0.2, 0.25) is 0 Å². The average Bonchev–Trinajstić information content (AvgIpc) is 3.39. The maximum atomic E-state index is 12.9. The Morgan fingerprint density at radius 3 is 2.41 bits per heavy atom. The SMILES string of the molecule is O=C(NCc1ccc(F)cc1)C(=O)NCC(O)(c1ccsc1)c1cccs1. The molecule has 27 heavy (non-hydrogen) atoms. The number of carbonyl (C=O) groups excluding carboxylic acids is 2. The zero-order valence-electron chi connectivity index (χ0n) is 14.1. The lowest BCUT2D eigenvalue weighted by atomic mass is 9.94. The molecule has 0 saturated heterocycles. The van der Waals surface area contributed by atoms with Crippen LogP contribution in [0.15, 0.2) is 58.6 Å². The molecule has 2 heterocycles. The second-order valence-electron chi connectivity index (χ2n) is 5.84. The molecule has 0 aliphatic heterocycles. The quantitative estimate of drug-likeness (QED) is 0.553. The van der Waals surface area contributed by atoms with Gasteiger partial charge in [0.05, 0.1) is 6.54 Å². The van der Waals surface area contributed by atoms with E-state index in [0.717, 1.165) is 0 Å². The minimum absolute atomic E-state index is 0.103. The largest absolute Gasteiger partial charge is 0.378 e. The number of aliphatic hydroxyl groups is 1. The molecule has 0 aliphatic carbocycles. The van der Waals surface area contributed by atoms with Crippen LogP contribution in [-0.4, -0.2) is 23.5 Å². The van der Waals surface area contributed by atoms with E-state index < -0.39 is 17.4 Å². The van der Waals surface area contributed by atoms with E-state index in [-0.39, 0.29) is 18.9 Å². The highest BCUT2D eigenvalue weighted by Crippen LogP contribution is 2.33. The summed E-state index contributed by atoms with van der Waals surface area (Å²) < 4.78 is 12.9. The number of amides is 2. The van der Waals surface area contributed by atoms with Crippen LogP contribution in [0, 0.1) is 5.82 Å². The van der Waals surface area contributed by atoms with E-state index in [1.54, 1.807) is 17.5 Å². The van der Waals surface area contributed by atoms with Crippen molar-refractivity contribution in [3.63, 3.8) is 0 Å². The topological polar surface area (TPSA) is 78.4 Å². The Kier molecular flexibility index (Phi) is 6.00. The van der Waals surface area contributed by atoms with Gasteiger partial charge in [-0.25, -0.2) is 4.39 Å². The first-order valence-electron chi connectivity index (χ1n) is 8.08. The Hall–Kier alpha value is -2.55. The van der Waals surface area contributed by atoms with Crippen molar-refractivity contribution in [3.05, 3.63) is 80.4 Å². The molecule has 0 aliphatic rings. The van der Waals surface area contributed by atoms with Gasteiger partial charge in [-0.2, -0.15) is 11.3 Å². The van der Waals surface area contributed by atoms with Gasteiger partial charge in [-0.3, -0.25) is 9.59 Å². The van der Waals surface area contributed by atoms with E-state index in [0.29, 0.717) is 16.0 Å². The first-order valence-corrected chi connectivity index (χ1v) is 9.91. The Morgan fingerprint density at radius 1 is 1.04 bits per heavy atom. The third-order valence-corrected chi connectivity index (χ3v) is 5.71. The summed E-state index contributed by atoms with van der Waals surface area (Å²) in [6.07, 6.45) is 0. The number of halogens is 1. The zero-order valence-corrected chi connectivity index (χ0v) is 15.8. The Bertz CT molecular complexity index is 859. The molecular formula is C19H17FN2O3S2. The van der Waals surface area contributed by atoms with Gasteiger partial charge in [0.1, 0.15) is 11.4 Å². The molecule has 1 unspecified atom stereocenters. The van der Waals surface area contributed by atoms with Gasteiger partial charge in [0.15, 0.2) is 0 Å². The molecule has 0 bridgehead atoms. The minimum atomic E-state index is -1.40. The van der Waals surface area contributed by atoms with Crippen molar-refractivity contribution in [2.45, 2.75) is 12.1 Å². The lowest BCUT2D eigenvalue weighted by Crippen LogP contribution is -2.46. The van der Waals surface area contributed by atoms with Crippen LogP contribution in [0.3, 0.4) is 0 Å². The Morgan fingerprint density at radius 2 is 1.78 bits per heavy atom.